The van der Waals surface area contributed by atoms with Crippen LogP contribution in [-0.4, -0.2) is 60.9 Å². The minimum absolute atomic E-state index is 0.0959. The van der Waals surface area contributed by atoms with Crippen molar-refractivity contribution in [3.05, 3.63) is 70.6 Å². The quantitative estimate of drug-likeness (QED) is 0.195. The van der Waals surface area contributed by atoms with Crippen molar-refractivity contribution in [1.29, 1.82) is 0 Å². The van der Waals surface area contributed by atoms with Crippen LogP contribution in [-0.2, 0) is 16.1 Å². The van der Waals surface area contributed by atoms with E-state index in [2.05, 4.69) is 36.6 Å². The third-order valence-electron chi connectivity index (χ3n) is 7.52. The molecule has 4 aromatic rings. The van der Waals surface area contributed by atoms with E-state index in [0.717, 1.165) is 76.1 Å². The van der Waals surface area contributed by atoms with Crippen LogP contribution in [0.15, 0.2) is 59.5 Å². The largest absolute Gasteiger partial charge is 0.385 e. The summed E-state index contributed by atoms with van der Waals surface area (Å²) in [5.74, 6) is -2.01. The van der Waals surface area contributed by atoms with Gasteiger partial charge in [-0.25, -0.2) is 4.98 Å². The van der Waals surface area contributed by atoms with Gasteiger partial charge in [-0.05, 0) is 55.7 Å². The first kappa shape index (κ1) is 27.7. The van der Waals surface area contributed by atoms with Gasteiger partial charge in [-0.1, -0.05) is 28.8 Å². The second-order valence-electron chi connectivity index (χ2n) is 10.4. The molecule has 1 saturated heterocycles. The molecule has 1 fully saturated rings. The molecule has 0 saturated carbocycles. The minimum Gasteiger partial charge on any atom is -0.385 e. The van der Waals surface area contributed by atoms with Gasteiger partial charge in [0.2, 0.25) is 11.8 Å². The lowest BCUT2D eigenvalue weighted by Crippen LogP contribution is -2.54. The summed E-state index contributed by atoms with van der Waals surface area (Å²) in [6, 6.07) is 9.92. The molecule has 0 bridgehead atoms. The summed E-state index contributed by atoms with van der Waals surface area (Å²) in [5.41, 5.74) is 4.70. The lowest BCUT2D eigenvalue weighted by molar-refractivity contribution is -0.136. The number of benzene rings is 2. The van der Waals surface area contributed by atoms with Gasteiger partial charge in [0, 0.05) is 41.4 Å². The third-order valence-corrected chi connectivity index (χ3v) is 8.01. The molecule has 2 aliphatic rings. The molecule has 2 N–H and O–H groups in total. The Morgan fingerprint density at radius 3 is 2.62 bits per heavy atom. The molecule has 2 aromatic carbocycles. The molecule has 2 aliphatic heterocycles. The lowest BCUT2D eigenvalue weighted by atomic mass is 10.0. The lowest BCUT2D eigenvalue weighted by Gasteiger charge is -2.27. The molecule has 214 valence electrons. The van der Waals surface area contributed by atoms with Crippen LogP contribution in [0.1, 0.15) is 59.2 Å². The smallest absolute Gasteiger partial charge is 0.262 e. The van der Waals surface area contributed by atoms with Gasteiger partial charge in [0.05, 0.1) is 40.2 Å². The molecular formula is C30H28BrN7O4. The van der Waals surface area contributed by atoms with Crippen LogP contribution in [0.4, 0.5) is 5.69 Å². The van der Waals surface area contributed by atoms with E-state index in [1.54, 1.807) is 24.4 Å². The van der Waals surface area contributed by atoms with Gasteiger partial charge in [-0.15, -0.1) is 0 Å². The van der Waals surface area contributed by atoms with Gasteiger partial charge in [-0.3, -0.25) is 39.1 Å². The molecule has 1 atom stereocenters. The fourth-order valence-corrected chi connectivity index (χ4v) is 5.66. The average Bonchev–Trinajstić information content (AvgIpc) is 3.55. The number of fused-ring (bicyclic) bond motifs is 2. The minimum atomic E-state index is -0.963. The highest BCUT2D eigenvalue weighted by Gasteiger charge is 2.44. The molecule has 4 heterocycles. The van der Waals surface area contributed by atoms with Crippen molar-refractivity contribution in [2.24, 2.45) is 0 Å². The second kappa shape index (κ2) is 11.8. The number of halogens is 1. The van der Waals surface area contributed by atoms with Crippen LogP contribution in [0, 0.1) is 0 Å². The first-order chi connectivity index (χ1) is 20.4. The maximum Gasteiger partial charge on any atom is 0.262 e. The summed E-state index contributed by atoms with van der Waals surface area (Å²) in [6.45, 7) is 1.53. The number of hydrogen-bond acceptors (Lipinski definition) is 8. The second-order valence-corrected chi connectivity index (χ2v) is 11.3. The van der Waals surface area contributed by atoms with Gasteiger partial charge in [0.25, 0.3) is 11.8 Å². The number of piperidine rings is 1. The zero-order valence-electron chi connectivity index (χ0n) is 22.7. The van der Waals surface area contributed by atoms with Gasteiger partial charge < -0.3 is 5.32 Å². The van der Waals surface area contributed by atoms with E-state index in [4.69, 9.17) is 4.98 Å². The molecule has 11 nitrogen and oxygen atoms in total. The zero-order valence-corrected chi connectivity index (χ0v) is 24.3. The van der Waals surface area contributed by atoms with E-state index in [0.29, 0.717) is 0 Å². The van der Waals surface area contributed by atoms with Crippen LogP contribution in [0.2, 0.25) is 0 Å². The molecular weight excluding hydrogens is 602 g/mol. The number of carbonyl (C=O) groups is 4. The number of carbonyl (C=O) groups excluding carboxylic acids is 4. The summed E-state index contributed by atoms with van der Waals surface area (Å²) in [5, 5.41) is 10.0. The first-order valence-electron chi connectivity index (χ1n) is 13.9. The van der Waals surface area contributed by atoms with E-state index < -0.39 is 29.7 Å². The molecule has 0 spiro atoms. The van der Waals surface area contributed by atoms with Crippen LogP contribution >= 0.6 is 15.9 Å². The molecule has 4 amide bonds. The summed E-state index contributed by atoms with van der Waals surface area (Å²) in [4.78, 5) is 59.7. The number of aromatic nitrogens is 4. The monoisotopic (exact) mass is 629 g/mol. The highest BCUT2D eigenvalue weighted by molar-refractivity contribution is 9.10. The molecule has 0 aliphatic carbocycles. The maximum atomic E-state index is 13.0. The molecule has 1 unspecified atom stereocenters. The Bertz CT molecular complexity index is 1720. The van der Waals surface area contributed by atoms with Gasteiger partial charge in [0.15, 0.2) is 0 Å². The van der Waals surface area contributed by atoms with E-state index >= 15 is 0 Å². The number of hydrogen-bond donors (Lipinski definition) is 2. The van der Waals surface area contributed by atoms with Crippen molar-refractivity contribution in [2.45, 2.75) is 51.1 Å². The zero-order chi connectivity index (χ0) is 29.2. The Hall–Kier alpha value is -4.45. The van der Waals surface area contributed by atoms with E-state index in [-0.39, 0.29) is 24.0 Å². The Morgan fingerprint density at radius 2 is 1.76 bits per heavy atom. The molecule has 42 heavy (non-hydrogen) atoms. The van der Waals surface area contributed by atoms with Crippen LogP contribution < -0.4 is 10.6 Å². The van der Waals surface area contributed by atoms with E-state index in [1.165, 1.54) is 0 Å². The highest BCUT2D eigenvalue weighted by Crippen LogP contribution is 2.29. The normalized spacial score (nSPS) is 16.7. The third kappa shape index (κ3) is 5.67. The summed E-state index contributed by atoms with van der Waals surface area (Å²) >= 11 is 3.46. The predicted octanol–water partition coefficient (Wildman–Crippen LogP) is 4.33. The number of imide groups is 2. The standard InChI is InChI=1S/C30H28BrN7O4/c31-19-5-8-23-24(13-19)33-16-25(35-23)18-15-34-37(17-18)12-4-2-1-3-11-32-20-6-7-21-22(14-20)30(42)38(29(21)41)26-9-10-27(39)36-28(26)40/h5-8,13-17,26,32H,1-4,9-12H2,(H,36,39,40). The fourth-order valence-electron chi connectivity index (χ4n) is 5.31. The van der Waals surface area contributed by atoms with Gasteiger partial charge in [-0.2, -0.15) is 5.10 Å². The van der Waals surface area contributed by atoms with E-state index in [1.807, 2.05) is 35.3 Å². The fraction of sp³-hybridized carbons (Fsp3) is 0.300. The van der Waals surface area contributed by atoms with Crippen LogP contribution in [0.5, 0.6) is 0 Å². The maximum absolute atomic E-state index is 13.0. The molecule has 6 rings (SSSR count). The van der Waals surface area contributed by atoms with Crippen molar-refractivity contribution in [2.75, 3.05) is 11.9 Å². The van der Waals surface area contributed by atoms with Gasteiger partial charge in [0.1, 0.15) is 6.04 Å². The van der Waals surface area contributed by atoms with Crippen molar-refractivity contribution in [3.8, 4) is 11.3 Å². The number of nitrogens with one attached hydrogen (secondary N) is 2. The summed E-state index contributed by atoms with van der Waals surface area (Å²) in [7, 11) is 0. The van der Waals surface area contributed by atoms with Gasteiger partial charge >= 0.3 is 0 Å². The number of unbranched alkanes of at least 4 members (excludes halogenated alkanes) is 3. The average molecular weight is 631 g/mol. The molecule has 2 aromatic heterocycles. The van der Waals surface area contributed by atoms with Crippen LogP contribution in [0.3, 0.4) is 0 Å². The van der Waals surface area contributed by atoms with Crippen molar-refractivity contribution in [1.82, 2.24) is 30.0 Å². The van der Waals surface area contributed by atoms with E-state index in [9.17, 15) is 19.2 Å². The molecule has 12 heteroatoms. The van der Waals surface area contributed by atoms with Crippen molar-refractivity contribution < 1.29 is 19.2 Å². The summed E-state index contributed by atoms with van der Waals surface area (Å²) < 4.78 is 2.90. The topological polar surface area (TPSA) is 139 Å². The van der Waals surface area contributed by atoms with Crippen molar-refractivity contribution in [3.63, 3.8) is 0 Å². The highest BCUT2D eigenvalue weighted by atomic mass is 79.9. The summed E-state index contributed by atoms with van der Waals surface area (Å²) in [6.07, 6.45) is 9.82. The predicted molar refractivity (Wildman–Crippen MR) is 159 cm³/mol. The SMILES string of the molecule is O=C1CCC(N2C(=O)c3ccc(NCCCCCCn4cc(-c5cnc6cc(Br)ccc6n5)cn4)cc3C2=O)C(=O)N1. The Morgan fingerprint density at radius 1 is 0.929 bits per heavy atom. The first-order valence-corrected chi connectivity index (χ1v) is 14.7. The number of rotatable bonds is 10. The number of nitrogens with zero attached hydrogens (tertiary/aromatic N) is 5. The Balaban J connectivity index is 0.944. The number of anilines is 1. The van der Waals surface area contributed by atoms with Crippen molar-refractivity contribution >= 4 is 56.3 Å². The Labute approximate surface area is 249 Å². The number of amides is 4. The van der Waals surface area contributed by atoms with Crippen LogP contribution in [0.25, 0.3) is 22.3 Å². The number of aryl methyl sites for hydroxylation is 1. The molecule has 0 radical (unpaired) electrons. The Kier molecular flexibility index (Phi) is 7.79.